The van der Waals surface area contributed by atoms with Gasteiger partial charge in [0.25, 0.3) is 5.91 Å². The number of aromatic amines is 1. The highest BCUT2D eigenvalue weighted by atomic mass is 19.4. The zero-order chi connectivity index (χ0) is 16.6. The number of amides is 1. The van der Waals surface area contributed by atoms with Crippen LogP contribution in [0.2, 0.25) is 0 Å². The first-order valence-electron chi connectivity index (χ1n) is 6.50. The number of fused-ring (bicyclic) bond motifs is 1. The van der Waals surface area contributed by atoms with E-state index in [0.29, 0.717) is 22.4 Å². The molecule has 3 aromatic rings. The van der Waals surface area contributed by atoms with Gasteiger partial charge in [-0.2, -0.15) is 13.2 Å². The van der Waals surface area contributed by atoms with Gasteiger partial charge in [0.05, 0.1) is 16.6 Å². The van der Waals surface area contributed by atoms with E-state index in [1.165, 1.54) is 29.7 Å². The predicted molar refractivity (Wildman–Crippen MR) is 75.8 cm³/mol. The fraction of sp³-hybridized carbons (Fsp3) is 0.0667. The molecule has 0 fully saturated rings. The van der Waals surface area contributed by atoms with Crippen LogP contribution in [-0.4, -0.2) is 21.1 Å². The quantitative estimate of drug-likeness (QED) is 0.500. The lowest BCUT2D eigenvalue weighted by atomic mass is 10.1. The Morgan fingerprint density at radius 2 is 1.83 bits per heavy atom. The van der Waals surface area contributed by atoms with E-state index in [0.717, 1.165) is 12.1 Å². The minimum absolute atomic E-state index is 0.225. The van der Waals surface area contributed by atoms with Gasteiger partial charge in [-0.15, -0.1) is 0 Å². The molecule has 0 spiro atoms. The number of carbonyl (C=O) groups is 1. The number of aromatic nitrogens is 2. The minimum atomic E-state index is -4.39. The molecule has 0 aliphatic carbocycles. The molecule has 118 valence electrons. The molecule has 0 unspecified atom stereocenters. The lowest BCUT2D eigenvalue weighted by Crippen LogP contribution is -2.18. The van der Waals surface area contributed by atoms with Crippen molar-refractivity contribution in [3.8, 4) is 11.4 Å². The van der Waals surface area contributed by atoms with Crippen molar-refractivity contribution < 1.29 is 23.2 Å². The molecule has 3 rings (SSSR count). The molecule has 1 aromatic heterocycles. The van der Waals surface area contributed by atoms with Gasteiger partial charge < -0.3 is 4.98 Å². The van der Waals surface area contributed by atoms with E-state index in [2.05, 4.69) is 9.97 Å². The number of imidazole rings is 1. The zero-order valence-corrected chi connectivity index (χ0v) is 11.5. The van der Waals surface area contributed by atoms with Gasteiger partial charge in [0.2, 0.25) is 0 Å². The Hall–Kier alpha value is -2.87. The Morgan fingerprint density at radius 3 is 2.43 bits per heavy atom. The molecule has 1 amide bonds. The number of hydrogen-bond donors (Lipinski definition) is 3. The highest BCUT2D eigenvalue weighted by Crippen LogP contribution is 2.30. The van der Waals surface area contributed by atoms with E-state index < -0.39 is 17.6 Å². The van der Waals surface area contributed by atoms with Crippen LogP contribution in [0.5, 0.6) is 0 Å². The second kappa shape index (κ2) is 5.40. The number of hydrogen-bond acceptors (Lipinski definition) is 3. The third-order valence-corrected chi connectivity index (χ3v) is 3.33. The third kappa shape index (κ3) is 2.88. The molecule has 0 aliphatic rings. The molecule has 1 heterocycles. The van der Waals surface area contributed by atoms with Gasteiger partial charge in [-0.25, -0.2) is 10.5 Å². The standard InChI is InChI=1S/C15H10F3N3O2/c16-15(17,18)10-4-1-8(2-5-10)13-19-11-6-3-9(14(22)21-23)7-12(11)20-13/h1-7,23H,(H,19,20)(H,21,22). The van der Waals surface area contributed by atoms with Crippen LogP contribution in [0.4, 0.5) is 13.2 Å². The van der Waals surface area contributed by atoms with Crippen molar-refractivity contribution in [1.29, 1.82) is 0 Å². The normalized spacial score (nSPS) is 11.7. The molecular formula is C15H10F3N3O2. The highest BCUT2D eigenvalue weighted by molar-refractivity contribution is 5.97. The van der Waals surface area contributed by atoms with Gasteiger partial charge in [-0.3, -0.25) is 10.0 Å². The number of alkyl halides is 3. The van der Waals surface area contributed by atoms with Crippen LogP contribution in [0, 0.1) is 0 Å². The van der Waals surface area contributed by atoms with Crippen LogP contribution in [-0.2, 0) is 6.18 Å². The van der Waals surface area contributed by atoms with Crippen molar-refractivity contribution in [2.45, 2.75) is 6.18 Å². The molecule has 0 aliphatic heterocycles. The molecule has 0 atom stereocenters. The summed E-state index contributed by atoms with van der Waals surface area (Å²) in [5, 5.41) is 8.62. The smallest absolute Gasteiger partial charge is 0.338 e. The van der Waals surface area contributed by atoms with Crippen LogP contribution in [0.15, 0.2) is 42.5 Å². The molecule has 0 radical (unpaired) electrons. The van der Waals surface area contributed by atoms with Crippen molar-refractivity contribution in [2.24, 2.45) is 0 Å². The van der Waals surface area contributed by atoms with E-state index in [1.807, 2.05) is 0 Å². The maximum atomic E-state index is 12.6. The first-order valence-corrected chi connectivity index (χ1v) is 6.50. The number of carbonyl (C=O) groups excluding carboxylic acids is 1. The molecule has 8 heteroatoms. The van der Waals surface area contributed by atoms with Crippen LogP contribution in [0.3, 0.4) is 0 Å². The van der Waals surface area contributed by atoms with E-state index >= 15 is 0 Å². The SMILES string of the molecule is O=C(NO)c1ccc2nc(-c3ccc(C(F)(F)F)cc3)[nH]c2c1. The number of rotatable bonds is 2. The number of nitrogens with zero attached hydrogens (tertiary/aromatic N) is 1. The molecule has 0 bridgehead atoms. The van der Waals surface area contributed by atoms with E-state index in [1.54, 1.807) is 6.07 Å². The highest BCUT2D eigenvalue weighted by Gasteiger charge is 2.30. The van der Waals surface area contributed by atoms with Crippen LogP contribution in [0.25, 0.3) is 22.4 Å². The first kappa shape index (κ1) is 15.0. The summed E-state index contributed by atoms with van der Waals surface area (Å²) in [7, 11) is 0. The summed E-state index contributed by atoms with van der Waals surface area (Å²) in [6.45, 7) is 0. The lowest BCUT2D eigenvalue weighted by Gasteiger charge is -2.06. The summed E-state index contributed by atoms with van der Waals surface area (Å²) in [4.78, 5) is 18.6. The third-order valence-electron chi connectivity index (χ3n) is 3.33. The van der Waals surface area contributed by atoms with E-state index in [4.69, 9.17) is 5.21 Å². The molecule has 3 N–H and O–H groups in total. The van der Waals surface area contributed by atoms with Gasteiger partial charge in [0, 0.05) is 11.1 Å². The van der Waals surface area contributed by atoms with Crippen molar-refractivity contribution in [3.63, 3.8) is 0 Å². The summed E-state index contributed by atoms with van der Waals surface area (Å²) in [5.74, 6) is -0.284. The number of nitrogens with one attached hydrogen (secondary N) is 2. The maximum absolute atomic E-state index is 12.6. The number of halogens is 3. The van der Waals surface area contributed by atoms with Crippen molar-refractivity contribution in [3.05, 3.63) is 53.6 Å². The van der Waals surface area contributed by atoms with Crippen molar-refractivity contribution in [2.75, 3.05) is 0 Å². The Labute approximate surface area is 127 Å². The Morgan fingerprint density at radius 1 is 1.13 bits per heavy atom. The fourth-order valence-corrected chi connectivity index (χ4v) is 2.17. The second-order valence-corrected chi connectivity index (χ2v) is 4.83. The Kier molecular flexibility index (Phi) is 3.53. The largest absolute Gasteiger partial charge is 0.416 e. The molecule has 23 heavy (non-hydrogen) atoms. The van der Waals surface area contributed by atoms with Crippen molar-refractivity contribution >= 4 is 16.9 Å². The maximum Gasteiger partial charge on any atom is 0.416 e. The average Bonchev–Trinajstić information content (AvgIpc) is 2.96. The second-order valence-electron chi connectivity index (χ2n) is 4.83. The molecule has 0 saturated heterocycles. The van der Waals surface area contributed by atoms with Gasteiger partial charge >= 0.3 is 6.18 Å². The lowest BCUT2D eigenvalue weighted by molar-refractivity contribution is -0.137. The Balaban J connectivity index is 1.98. The van der Waals surface area contributed by atoms with E-state index in [9.17, 15) is 18.0 Å². The number of hydroxylamine groups is 1. The molecule has 5 nitrogen and oxygen atoms in total. The first-order chi connectivity index (χ1) is 10.9. The van der Waals surface area contributed by atoms with E-state index in [-0.39, 0.29) is 5.56 Å². The minimum Gasteiger partial charge on any atom is -0.338 e. The summed E-state index contributed by atoms with van der Waals surface area (Å²) in [5.41, 5.74) is 2.58. The van der Waals surface area contributed by atoms with Gasteiger partial charge in [0.1, 0.15) is 5.82 Å². The summed E-state index contributed by atoms with van der Waals surface area (Å²) >= 11 is 0. The molecule has 2 aromatic carbocycles. The zero-order valence-electron chi connectivity index (χ0n) is 11.5. The van der Waals surface area contributed by atoms with Crippen LogP contribution < -0.4 is 5.48 Å². The molecular weight excluding hydrogens is 311 g/mol. The topological polar surface area (TPSA) is 78.0 Å². The summed E-state index contributed by atoms with van der Waals surface area (Å²) in [6.07, 6.45) is -4.39. The fourth-order valence-electron chi connectivity index (χ4n) is 2.17. The average molecular weight is 321 g/mol. The summed E-state index contributed by atoms with van der Waals surface area (Å²) < 4.78 is 37.7. The van der Waals surface area contributed by atoms with Gasteiger partial charge in [-0.05, 0) is 30.3 Å². The van der Waals surface area contributed by atoms with Gasteiger partial charge in [0.15, 0.2) is 0 Å². The van der Waals surface area contributed by atoms with Crippen molar-refractivity contribution in [1.82, 2.24) is 15.4 Å². The summed E-state index contributed by atoms with van der Waals surface area (Å²) in [6, 6.07) is 9.14. The predicted octanol–water partition coefficient (Wildman–Crippen LogP) is 3.37. The van der Waals surface area contributed by atoms with Crippen LogP contribution >= 0.6 is 0 Å². The van der Waals surface area contributed by atoms with Gasteiger partial charge in [-0.1, -0.05) is 12.1 Å². The molecule has 0 saturated carbocycles. The Bertz CT molecular complexity index is 870. The number of H-pyrrole nitrogens is 1. The monoisotopic (exact) mass is 321 g/mol. The van der Waals surface area contributed by atoms with Crippen LogP contribution in [0.1, 0.15) is 15.9 Å². The number of benzene rings is 2.